The lowest BCUT2D eigenvalue weighted by Crippen LogP contribution is -2.07. The topological polar surface area (TPSA) is 39.9 Å². The second-order valence-electron chi connectivity index (χ2n) is 14.0. The summed E-state index contributed by atoms with van der Waals surface area (Å²) in [6, 6.07) is 54.2. The van der Waals surface area contributed by atoms with Gasteiger partial charge in [-0.1, -0.05) is 109 Å². The molecule has 0 saturated carbocycles. The molecule has 1 aliphatic heterocycles. The first-order chi connectivity index (χ1) is 26.8. The highest BCUT2D eigenvalue weighted by molar-refractivity contribution is 7.27. The number of nitrogens with zero attached hydrogens (tertiary/aromatic N) is 3. The van der Waals surface area contributed by atoms with Crippen LogP contribution in [0.4, 0.5) is 0 Å². The first-order valence-corrected chi connectivity index (χ1v) is 19.7. The van der Waals surface area contributed by atoms with Crippen molar-refractivity contribution in [3.63, 3.8) is 0 Å². The Kier molecular flexibility index (Phi) is 5.63. The van der Waals surface area contributed by atoms with E-state index in [9.17, 15) is 0 Å². The fourth-order valence-electron chi connectivity index (χ4n) is 8.95. The lowest BCUT2D eigenvalue weighted by Gasteiger charge is -2.23. The van der Waals surface area contributed by atoms with Crippen LogP contribution in [0.3, 0.4) is 0 Å². The van der Waals surface area contributed by atoms with E-state index >= 15 is 0 Å². The van der Waals surface area contributed by atoms with Gasteiger partial charge in [-0.3, -0.25) is 4.57 Å². The van der Waals surface area contributed by atoms with Crippen LogP contribution < -0.4 is 4.74 Å². The Labute approximate surface area is 315 Å². The number of rotatable bonds is 2. The molecule has 0 amide bonds. The minimum absolute atomic E-state index is 0.653. The van der Waals surface area contributed by atoms with Crippen molar-refractivity contribution in [3.8, 4) is 39.8 Å². The summed E-state index contributed by atoms with van der Waals surface area (Å²) in [6.07, 6.45) is 0. The molecule has 0 unspecified atom stereocenters. The van der Waals surface area contributed by atoms with Crippen LogP contribution in [0.25, 0.3) is 112 Å². The second kappa shape index (κ2) is 10.5. The summed E-state index contributed by atoms with van der Waals surface area (Å²) in [5.41, 5.74) is 7.13. The minimum atomic E-state index is 0.653. The summed E-state index contributed by atoms with van der Waals surface area (Å²) in [5.74, 6) is 2.25. The van der Waals surface area contributed by atoms with Crippen LogP contribution in [-0.4, -0.2) is 14.5 Å². The third kappa shape index (κ3) is 3.71. The van der Waals surface area contributed by atoms with Gasteiger partial charge in [0.15, 0.2) is 0 Å². The lowest BCUT2D eigenvalue weighted by atomic mass is 9.95. The zero-order chi connectivity index (χ0) is 35.1. The first-order valence-electron chi connectivity index (χ1n) is 18.1. The average molecular weight is 724 g/mol. The molecule has 0 atom stereocenters. The van der Waals surface area contributed by atoms with Crippen molar-refractivity contribution in [1.82, 2.24) is 14.5 Å². The maximum Gasteiger partial charge on any atom is 0.235 e. The molecule has 0 aliphatic carbocycles. The number of fused-ring (bicyclic) bond motifs is 15. The van der Waals surface area contributed by atoms with Gasteiger partial charge in [-0.2, -0.15) is 0 Å². The van der Waals surface area contributed by atoms with Crippen LogP contribution in [0.15, 0.2) is 152 Å². The number of benzene rings is 8. The van der Waals surface area contributed by atoms with Gasteiger partial charge >= 0.3 is 0 Å². The molecular formula is C48H25N3OS2. The van der Waals surface area contributed by atoms with Gasteiger partial charge in [-0.15, -0.1) is 22.7 Å². The van der Waals surface area contributed by atoms with E-state index in [2.05, 4.69) is 150 Å². The molecule has 0 N–H and O–H groups in total. The summed E-state index contributed by atoms with van der Waals surface area (Å²) < 4.78 is 14.2. The predicted molar refractivity (Wildman–Crippen MR) is 228 cm³/mol. The molecule has 12 aromatic rings. The zero-order valence-electron chi connectivity index (χ0n) is 28.5. The molecule has 0 fully saturated rings. The van der Waals surface area contributed by atoms with Gasteiger partial charge in [0.2, 0.25) is 5.95 Å². The number of para-hydroxylation sites is 2. The van der Waals surface area contributed by atoms with E-state index in [0.717, 1.165) is 55.8 Å². The standard InChI is InChI=1S/C48H25N3OS2/c1-2-14-28-27(13-1)40-32-15-3-7-20-36(32)51(44(40)47-41(28)34-17-6-10-23-39(34)54-47)48-49-35-25-24-29(45-42(35)43(50-48)33-16-4-8-21-37(33)52-45)31-19-11-18-30-26-12-5-9-22-38(26)53-46(30)31/h1-25H. The second-order valence-corrected chi connectivity index (χ2v) is 16.1. The quantitative estimate of drug-likeness (QED) is 0.178. The molecule has 4 aromatic heterocycles. The SMILES string of the molecule is c1ccc2c(c1)Oc1c(-c3cccc4c3sc3ccccc34)ccc3nc(-n4c5ccccc5c5c6ccccc6c6c7ccccc7sc6c54)nc-2c13. The molecule has 54 heavy (non-hydrogen) atoms. The highest BCUT2D eigenvalue weighted by atomic mass is 32.1. The van der Waals surface area contributed by atoms with Gasteiger partial charge in [-0.05, 0) is 53.2 Å². The Hall–Kier alpha value is -6.60. The maximum absolute atomic E-state index is 6.89. The zero-order valence-corrected chi connectivity index (χ0v) is 30.1. The Morgan fingerprint density at radius 2 is 1.09 bits per heavy atom. The number of thiophene rings is 2. The largest absolute Gasteiger partial charge is 0.455 e. The average Bonchev–Trinajstić information content (AvgIpc) is 3.91. The smallest absolute Gasteiger partial charge is 0.235 e. The van der Waals surface area contributed by atoms with E-state index in [1.807, 2.05) is 28.7 Å². The third-order valence-corrected chi connectivity index (χ3v) is 13.6. The van der Waals surface area contributed by atoms with Crippen molar-refractivity contribution in [2.75, 3.05) is 0 Å². The molecule has 8 aromatic carbocycles. The minimum Gasteiger partial charge on any atom is -0.455 e. The van der Waals surface area contributed by atoms with Gasteiger partial charge in [0.05, 0.1) is 32.3 Å². The van der Waals surface area contributed by atoms with Crippen LogP contribution in [0.2, 0.25) is 0 Å². The highest BCUT2D eigenvalue weighted by Gasteiger charge is 2.29. The maximum atomic E-state index is 6.89. The Balaban J connectivity index is 1.17. The van der Waals surface area contributed by atoms with Crippen molar-refractivity contribution in [2.24, 2.45) is 0 Å². The van der Waals surface area contributed by atoms with E-state index < -0.39 is 0 Å². The van der Waals surface area contributed by atoms with Crippen molar-refractivity contribution in [3.05, 3.63) is 152 Å². The summed E-state index contributed by atoms with van der Waals surface area (Å²) >= 11 is 3.68. The monoisotopic (exact) mass is 723 g/mol. The molecule has 0 radical (unpaired) electrons. The van der Waals surface area contributed by atoms with Gasteiger partial charge in [0.25, 0.3) is 0 Å². The van der Waals surface area contributed by atoms with Gasteiger partial charge in [0, 0.05) is 63.1 Å². The van der Waals surface area contributed by atoms with E-state index in [0.29, 0.717) is 5.95 Å². The predicted octanol–water partition coefficient (Wildman–Crippen LogP) is 14.1. The van der Waals surface area contributed by atoms with E-state index in [1.165, 1.54) is 61.9 Å². The fraction of sp³-hybridized carbons (Fsp3) is 0. The van der Waals surface area contributed by atoms with E-state index in [4.69, 9.17) is 14.7 Å². The molecular weight excluding hydrogens is 699 g/mol. The summed E-state index contributed by atoms with van der Waals surface area (Å²) in [5, 5.41) is 11.0. The van der Waals surface area contributed by atoms with E-state index in [1.54, 1.807) is 0 Å². The molecule has 0 bridgehead atoms. The van der Waals surface area contributed by atoms with Gasteiger partial charge in [0.1, 0.15) is 11.5 Å². The molecule has 0 spiro atoms. The van der Waals surface area contributed by atoms with Crippen molar-refractivity contribution in [1.29, 1.82) is 0 Å². The summed E-state index contributed by atoms with van der Waals surface area (Å²) in [7, 11) is 0. The molecule has 5 heterocycles. The number of hydrogen-bond acceptors (Lipinski definition) is 5. The van der Waals surface area contributed by atoms with Crippen molar-refractivity contribution < 1.29 is 4.74 Å². The van der Waals surface area contributed by atoms with Crippen LogP contribution >= 0.6 is 22.7 Å². The Morgan fingerprint density at radius 1 is 0.444 bits per heavy atom. The molecule has 1 aliphatic rings. The normalized spacial score (nSPS) is 12.6. The number of aromatic nitrogens is 3. The Morgan fingerprint density at radius 3 is 1.96 bits per heavy atom. The van der Waals surface area contributed by atoms with Crippen LogP contribution in [0.5, 0.6) is 11.5 Å². The molecule has 6 heteroatoms. The van der Waals surface area contributed by atoms with Crippen LogP contribution in [0, 0.1) is 0 Å². The third-order valence-electron chi connectivity index (χ3n) is 11.2. The molecule has 13 rings (SSSR count). The molecule has 0 saturated heterocycles. The van der Waals surface area contributed by atoms with Crippen LogP contribution in [-0.2, 0) is 0 Å². The summed E-state index contributed by atoms with van der Waals surface area (Å²) in [4.78, 5) is 11.0. The fourth-order valence-corrected chi connectivity index (χ4v) is 11.4. The highest BCUT2D eigenvalue weighted by Crippen LogP contribution is 2.53. The van der Waals surface area contributed by atoms with Gasteiger partial charge in [-0.25, -0.2) is 9.97 Å². The summed E-state index contributed by atoms with van der Waals surface area (Å²) in [6.45, 7) is 0. The Bertz CT molecular complexity index is 3610. The van der Waals surface area contributed by atoms with Crippen molar-refractivity contribution in [2.45, 2.75) is 0 Å². The molecule has 4 nitrogen and oxygen atoms in total. The number of ether oxygens (including phenoxy) is 1. The molecule has 250 valence electrons. The van der Waals surface area contributed by atoms with Crippen molar-refractivity contribution >= 4 is 106 Å². The van der Waals surface area contributed by atoms with Crippen LogP contribution in [0.1, 0.15) is 0 Å². The number of hydrogen-bond donors (Lipinski definition) is 0. The van der Waals surface area contributed by atoms with E-state index in [-0.39, 0.29) is 0 Å². The first kappa shape index (κ1) is 28.9. The lowest BCUT2D eigenvalue weighted by molar-refractivity contribution is 0.488. The van der Waals surface area contributed by atoms with Gasteiger partial charge < -0.3 is 4.74 Å².